The molecule has 25 heavy (non-hydrogen) atoms. The van der Waals surface area contributed by atoms with Gasteiger partial charge in [0.2, 0.25) is 5.88 Å². The molecule has 0 fully saturated rings. The molecule has 7 nitrogen and oxygen atoms in total. The number of halogens is 1. The lowest BCUT2D eigenvalue weighted by molar-refractivity contribution is 0.399. The standard InChI is InChI=1S/C17H14ClN5O2/c1-9-15-22-21-13-6-7-14(25-3)20-17(13)23(15)16(19-9)11-5-4-10(24-2)8-12(11)18/h4-8H,1-3H3. The van der Waals surface area contributed by atoms with Crippen LogP contribution < -0.4 is 9.47 Å². The van der Waals surface area contributed by atoms with Crippen molar-refractivity contribution in [2.75, 3.05) is 14.2 Å². The first-order chi connectivity index (χ1) is 12.1. The third-order valence-electron chi connectivity index (χ3n) is 3.94. The fraction of sp³-hybridized carbons (Fsp3) is 0.176. The second-order valence-corrected chi connectivity index (χ2v) is 5.83. The molecular formula is C17H14ClN5O2. The molecule has 0 atom stereocenters. The van der Waals surface area contributed by atoms with Gasteiger partial charge < -0.3 is 9.47 Å². The number of pyridine rings is 1. The maximum atomic E-state index is 6.45. The molecule has 8 heteroatoms. The molecular weight excluding hydrogens is 342 g/mol. The molecule has 3 aromatic heterocycles. The smallest absolute Gasteiger partial charge is 0.215 e. The van der Waals surface area contributed by atoms with Crippen LogP contribution in [0, 0.1) is 6.92 Å². The Labute approximate surface area is 148 Å². The summed E-state index contributed by atoms with van der Waals surface area (Å²) in [6, 6.07) is 9.00. The molecule has 0 N–H and O–H groups in total. The molecule has 0 amide bonds. The lowest BCUT2D eigenvalue weighted by Crippen LogP contribution is -2.01. The van der Waals surface area contributed by atoms with Crippen LogP contribution in [0.5, 0.6) is 11.6 Å². The third kappa shape index (κ3) is 2.44. The zero-order chi connectivity index (χ0) is 17.6. The molecule has 4 aromatic rings. The van der Waals surface area contributed by atoms with Crippen LogP contribution in [-0.4, -0.2) is 38.8 Å². The average Bonchev–Trinajstić information content (AvgIpc) is 2.98. The highest BCUT2D eigenvalue weighted by atomic mass is 35.5. The Balaban J connectivity index is 2.09. The molecule has 0 radical (unpaired) electrons. The number of ether oxygens (including phenoxy) is 2. The number of aryl methyl sites for hydroxylation is 1. The summed E-state index contributed by atoms with van der Waals surface area (Å²) in [4.78, 5) is 9.15. The third-order valence-corrected chi connectivity index (χ3v) is 4.25. The van der Waals surface area contributed by atoms with E-state index in [0.717, 1.165) is 11.3 Å². The summed E-state index contributed by atoms with van der Waals surface area (Å²) < 4.78 is 12.3. The van der Waals surface area contributed by atoms with Crippen LogP contribution in [0.3, 0.4) is 0 Å². The Morgan fingerprint density at radius 1 is 0.960 bits per heavy atom. The Bertz CT molecular complexity index is 1110. The van der Waals surface area contributed by atoms with Crippen LogP contribution in [0.25, 0.3) is 28.2 Å². The summed E-state index contributed by atoms with van der Waals surface area (Å²) in [6.45, 7) is 1.87. The highest BCUT2D eigenvalue weighted by Gasteiger charge is 2.18. The Morgan fingerprint density at radius 2 is 1.80 bits per heavy atom. The van der Waals surface area contributed by atoms with Gasteiger partial charge in [-0.3, -0.25) is 4.40 Å². The zero-order valence-corrected chi connectivity index (χ0v) is 14.6. The van der Waals surface area contributed by atoms with E-state index in [0.29, 0.717) is 39.3 Å². The largest absolute Gasteiger partial charge is 0.497 e. The van der Waals surface area contributed by atoms with Crippen LogP contribution >= 0.6 is 11.6 Å². The van der Waals surface area contributed by atoms with Gasteiger partial charge in [0.1, 0.15) is 17.1 Å². The van der Waals surface area contributed by atoms with Gasteiger partial charge in [-0.25, -0.2) is 4.98 Å². The Kier molecular flexibility index (Phi) is 3.65. The number of hydrogen-bond acceptors (Lipinski definition) is 6. The summed E-state index contributed by atoms with van der Waals surface area (Å²) in [7, 11) is 3.17. The van der Waals surface area contributed by atoms with E-state index in [1.807, 2.05) is 29.5 Å². The number of rotatable bonds is 3. The van der Waals surface area contributed by atoms with Crippen molar-refractivity contribution in [1.82, 2.24) is 24.6 Å². The number of imidazole rings is 1. The molecule has 0 aliphatic carbocycles. The van der Waals surface area contributed by atoms with Gasteiger partial charge >= 0.3 is 0 Å². The van der Waals surface area contributed by atoms with Crippen LogP contribution in [-0.2, 0) is 0 Å². The molecule has 0 aliphatic heterocycles. The van der Waals surface area contributed by atoms with Gasteiger partial charge in [-0.05, 0) is 31.2 Å². The van der Waals surface area contributed by atoms with Crippen molar-refractivity contribution >= 4 is 28.4 Å². The normalized spacial score (nSPS) is 11.2. The number of nitrogens with zero attached hydrogens (tertiary/aromatic N) is 5. The van der Waals surface area contributed by atoms with Crippen LogP contribution in [0.2, 0.25) is 5.02 Å². The molecule has 4 rings (SSSR count). The van der Waals surface area contributed by atoms with E-state index < -0.39 is 0 Å². The van der Waals surface area contributed by atoms with Crippen LogP contribution in [0.1, 0.15) is 5.69 Å². The molecule has 1 aromatic carbocycles. The van der Waals surface area contributed by atoms with E-state index in [-0.39, 0.29) is 0 Å². The molecule has 0 saturated carbocycles. The topological polar surface area (TPSA) is 74.4 Å². The molecule has 0 spiro atoms. The first-order valence-corrected chi connectivity index (χ1v) is 7.90. The summed E-state index contributed by atoms with van der Waals surface area (Å²) in [5.41, 5.74) is 3.35. The second-order valence-electron chi connectivity index (χ2n) is 5.42. The van der Waals surface area contributed by atoms with Gasteiger partial charge in [0.15, 0.2) is 11.3 Å². The van der Waals surface area contributed by atoms with Gasteiger partial charge in [-0.2, -0.15) is 4.98 Å². The maximum Gasteiger partial charge on any atom is 0.215 e. The molecule has 0 bridgehead atoms. The van der Waals surface area contributed by atoms with Gasteiger partial charge in [0.25, 0.3) is 0 Å². The minimum atomic E-state index is 0.486. The van der Waals surface area contributed by atoms with Crippen molar-refractivity contribution in [2.45, 2.75) is 6.92 Å². The lowest BCUT2D eigenvalue weighted by Gasteiger charge is -2.08. The first-order valence-electron chi connectivity index (χ1n) is 7.52. The first kappa shape index (κ1) is 15.6. The summed E-state index contributed by atoms with van der Waals surface area (Å²) in [6.07, 6.45) is 0. The van der Waals surface area contributed by atoms with Crippen LogP contribution in [0.15, 0.2) is 30.3 Å². The summed E-state index contributed by atoms with van der Waals surface area (Å²) >= 11 is 6.45. The Hall–Kier alpha value is -2.93. The van der Waals surface area contributed by atoms with Crippen molar-refractivity contribution in [3.63, 3.8) is 0 Å². The molecule has 0 aliphatic rings. The number of fused-ring (bicyclic) bond motifs is 3. The number of benzene rings is 1. The zero-order valence-electron chi connectivity index (χ0n) is 13.8. The van der Waals surface area contributed by atoms with Crippen molar-refractivity contribution < 1.29 is 9.47 Å². The van der Waals surface area contributed by atoms with Gasteiger partial charge in [-0.15, -0.1) is 10.2 Å². The van der Waals surface area contributed by atoms with Gasteiger partial charge in [-0.1, -0.05) is 11.6 Å². The van der Waals surface area contributed by atoms with Gasteiger partial charge in [0, 0.05) is 11.6 Å². The predicted molar refractivity (Wildman–Crippen MR) is 94.4 cm³/mol. The quantitative estimate of drug-likeness (QED) is 0.561. The second kappa shape index (κ2) is 5.86. The summed E-state index contributed by atoms with van der Waals surface area (Å²) in [5, 5.41) is 9.02. The van der Waals surface area contributed by atoms with Gasteiger partial charge in [0.05, 0.1) is 24.9 Å². The minimum Gasteiger partial charge on any atom is -0.497 e. The predicted octanol–water partition coefficient (Wildman–Crippen LogP) is 3.32. The van der Waals surface area contributed by atoms with Crippen molar-refractivity contribution in [3.8, 4) is 23.0 Å². The van der Waals surface area contributed by atoms with E-state index in [2.05, 4.69) is 20.2 Å². The van der Waals surface area contributed by atoms with Crippen LogP contribution in [0.4, 0.5) is 0 Å². The average molecular weight is 356 g/mol. The number of aromatic nitrogens is 5. The van der Waals surface area contributed by atoms with E-state index >= 15 is 0 Å². The maximum absolute atomic E-state index is 6.45. The fourth-order valence-electron chi connectivity index (χ4n) is 2.70. The van der Waals surface area contributed by atoms with Crippen molar-refractivity contribution in [2.24, 2.45) is 0 Å². The molecule has 126 valence electrons. The number of hydrogen-bond donors (Lipinski definition) is 0. The van der Waals surface area contributed by atoms with Crippen molar-refractivity contribution in [3.05, 3.63) is 41.0 Å². The van der Waals surface area contributed by atoms with Crippen molar-refractivity contribution in [1.29, 1.82) is 0 Å². The Morgan fingerprint density at radius 3 is 2.52 bits per heavy atom. The number of methoxy groups -OCH3 is 2. The lowest BCUT2D eigenvalue weighted by atomic mass is 10.2. The van der Waals surface area contributed by atoms with E-state index in [1.54, 1.807) is 26.4 Å². The minimum absolute atomic E-state index is 0.486. The van der Waals surface area contributed by atoms with E-state index in [1.165, 1.54) is 0 Å². The van der Waals surface area contributed by atoms with E-state index in [9.17, 15) is 0 Å². The highest BCUT2D eigenvalue weighted by molar-refractivity contribution is 6.33. The molecule has 0 unspecified atom stereocenters. The SMILES string of the molecule is COc1ccc(-c2nc(C)c3nnc4ccc(OC)nc4n23)c(Cl)c1. The molecule has 3 heterocycles. The summed E-state index contributed by atoms with van der Waals surface area (Å²) in [5.74, 6) is 1.80. The molecule has 0 saturated heterocycles. The van der Waals surface area contributed by atoms with E-state index in [4.69, 9.17) is 21.1 Å². The monoisotopic (exact) mass is 355 g/mol. The fourth-order valence-corrected chi connectivity index (χ4v) is 2.96. The highest BCUT2D eigenvalue weighted by Crippen LogP contribution is 2.32.